The zero-order valence-electron chi connectivity index (χ0n) is 15.1. The summed E-state index contributed by atoms with van der Waals surface area (Å²) in [6.45, 7) is 5.15. The Labute approximate surface area is 153 Å². The van der Waals surface area contributed by atoms with Gasteiger partial charge in [-0.05, 0) is 55.5 Å². The Balaban J connectivity index is 1.84. The number of ether oxygens (including phenoxy) is 2. The van der Waals surface area contributed by atoms with Crippen LogP contribution >= 0.6 is 0 Å². The van der Waals surface area contributed by atoms with Crippen LogP contribution in [0.1, 0.15) is 41.1 Å². The van der Waals surface area contributed by atoms with Crippen molar-refractivity contribution in [2.75, 3.05) is 13.3 Å². The molecule has 0 saturated carbocycles. The Bertz CT molecular complexity index is 848. The van der Waals surface area contributed by atoms with Crippen LogP contribution < -0.4 is 9.47 Å². The van der Waals surface area contributed by atoms with Gasteiger partial charge in [0.25, 0.3) is 0 Å². The van der Waals surface area contributed by atoms with E-state index in [9.17, 15) is 9.90 Å². The summed E-state index contributed by atoms with van der Waals surface area (Å²) in [6.07, 6.45) is 1.57. The maximum Gasteiger partial charge on any atom is 0.320 e. The summed E-state index contributed by atoms with van der Waals surface area (Å²) in [7, 11) is 0. The molecule has 26 heavy (non-hydrogen) atoms. The first-order chi connectivity index (χ1) is 12.5. The van der Waals surface area contributed by atoms with E-state index in [-0.39, 0.29) is 12.8 Å². The molecule has 2 aromatic carbocycles. The number of hydrogen-bond acceptors (Lipinski definition) is 4. The van der Waals surface area contributed by atoms with Gasteiger partial charge in [-0.1, -0.05) is 29.8 Å². The second-order valence-corrected chi connectivity index (χ2v) is 7.11. The third kappa shape index (κ3) is 2.92. The topological polar surface area (TPSA) is 59.0 Å². The van der Waals surface area contributed by atoms with Crippen molar-refractivity contribution in [3.8, 4) is 11.5 Å². The lowest BCUT2D eigenvalue weighted by molar-refractivity contribution is -0.142. The van der Waals surface area contributed by atoms with E-state index in [0.29, 0.717) is 6.42 Å². The van der Waals surface area contributed by atoms with Gasteiger partial charge in [0.2, 0.25) is 6.79 Å². The van der Waals surface area contributed by atoms with Gasteiger partial charge in [0, 0.05) is 6.54 Å². The van der Waals surface area contributed by atoms with Crippen LogP contribution in [-0.2, 0) is 4.79 Å². The monoisotopic (exact) mass is 353 g/mol. The van der Waals surface area contributed by atoms with Crippen LogP contribution in [0.15, 0.2) is 36.4 Å². The van der Waals surface area contributed by atoms with Gasteiger partial charge < -0.3 is 14.6 Å². The Morgan fingerprint density at radius 3 is 2.77 bits per heavy atom. The summed E-state index contributed by atoms with van der Waals surface area (Å²) < 4.78 is 11.0. The third-order valence-corrected chi connectivity index (χ3v) is 5.35. The number of aryl methyl sites for hydroxylation is 2. The highest BCUT2D eigenvalue weighted by molar-refractivity contribution is 5.74. The molecule has 2 heterocycles. The standard InChI is InChI=1S/C21H23NO4/c1-13-5-6-14(2)16(10-13)20(22-9-3-4-17(22)21(23)24)15-7-8-18-19(11-15)26-12-25-18/h5-8,10-11,17,20H,3-4,9,12H2,1-2H3,(H,23,24). The molecule has 4 rings (SSSR count). The van der Waals surface area contributed by atoms with E-state index in [2.05, 4.69) is 36.9 Å². The van der Waals surface area contributed by atoms with Crippen LogP contribution in [0.5, 0.6) is 11.5 Å². The quantitative estimate of drug-likeness (QED) is 0.909. The van der Waals surface area contributed by atoms with E-state index in [1.165, 1.54) is 5.56 Å². The molecular formula is C21H23NO4. The fraction of sp³-hybridized carbons (Fsp3) is 0.381. The molecule has 5 nitrogen and oxygen atoms in total. The van der Waals surface area contributed by atoms with E-state index < -0.39 is 12.0 Å². The highest BCUT2D eigenvalue weighted by Crippen LogP contribution is 2.41. The molecule has 0 amide bonds. The molecule has 5 heteroatoms. The van der Waals surface area contributed by atoms with Crippen LogP contribution in [0.2, 0.25) is 0 Å². The number of hydrogen-bond donors (Lipinski definition) is 1. The molecule has 0 radical (unpaired) electrons. The van der Waals surface area contributed by atoms with Crippen molar-refractivity contribution in [1.82, 2.24) is 4.90 Å². The van der Waals surface area contributed by atoms with Gasteiger partial charge in [0.15, 0.2) is 11.5 Å². The molecule has 0 aliphatic carbocycles. The van der Waals surface area contributed by atoms with Crippen LogP contribution in [0.3, 0.4) is 0 Å². The third-order valence-electron chi connectivity index (χ3n) is 5.35. The summed E-state index contributed by atoms with van der Waals surface area (Å²) in [5, 5.41) is 9.72. The summed E-state index contributed by atoms with van der Waals surface area (Å²) in [5.41, 5.74) is 4.52. The minimum atomic E-state index is -0.751. The van der Waals surface area contributed by atoms with Gasteiger partial charge in [-0.3, -0.25) is 9.69 Å². The highest BCUT2D eigenvalue weighted by Gasteiger charge is 2.37. The van der Waals surface area contributed by atoms with E-state index in [4.69, 9.17) is 9.47 Å². The SMILES string of the molecule is Cc1ccc(C)c(C(c2ccc3c(c2)OCO3)N2CCCC2C(=O)O)c1. The Morgan fingerprint density at radius 2 is 1.96 bits per heavy atom. The van der Waals surface area contributed by atoms with Gasteiger partial charge >= 0.3 is 5.97 Å². The molecule has 1 fully saturated rings. The van der Waals surface area contributed by atoms with E-state index >= 15 is 0 Å². The second kappa shape index (κ2) is 6.65. The van der Waals surface area contributed by atoms with Crippen LogP contribution in [-0.4, -0.2) is 35.4 Å². The molecular weight excluding hydrogens is 330 g/mol. The lowest BCUT2D eigenvalue weighted by Gasteiger charge is -2.33. The normalized spacial score (nSPS) is 20.3. The Morgan fingerprint density at radius 1 is 1.15 bits per heavy atom. The highest BCUT2D eigenvalue weighted by atomic mass is 16.7. The van der Waals surface area contributed by atoms with Crippen LogP contribution in [0, 0.1) is 13.8 Å². The molecule has 2 aliphatic heterocycles. The van der Waals surface area contributed by atoms with Gasteiger partial charge in [-0.25, -0.2) is 0 Å². The van der Waals surface area contributed by atoms with Gasteiger partial charge in [0.05, 0.1) is 6.04 Å². The average molecular weight is 353 g/mol. The summed E-state index contributed by atoms with van der Waals surface area (Å²) in [4.78, 5) is 13.9. The van der Waals surface area contributed by atoms with Crippen LogP contribution in [0.25, 0.3) is 0 Å². The first-order valence-corrected chi connectivity index (χ1v) is 9.00. The maximum atomic E-state index is 11.8. The molecule has 0 bridgehead atoms. The minimum absolute atomic E-state index is 0.118. The molecule has 2 atom stereocenters. The molecule has 136 valence electrons. The number of nitrogens with zero attached hydrogens (tertiary/aromatic N) is 1. The number of carboxylic acid groups (broad SMARTS) is 1. The minimum Gasteiger partial charge on any atom is -0.480 e. The summed E-state index contributed by atoms with van der Waals surface area (Å²) in [6, 6.07) is 11.7. The number of likely N-dealkylation sites (tertiary alicyclic amines) is 1. The number of fused-ring (bicyclic) bond motifs is 1. The molecule has 1 N–H and O–H groups in total. The molecule has 2 unspecified atom stereocenters. The predicted molar refractivity (Wildman–Crippen MR) is 97.7 cm³/mol. The number of carbonyl (C=O) groups is 1. The van der Waals surface area contributed by atoms with Crippen molar-refractivity contribution < 1.29 is 19.4 Å². The lowest BCUT2D eigenvalue weighted by Crippen LogP contribution is -2.39. The maximum absolute atomic E-state index is 11.8. The Kier molecular flexibility index (Phi) is 4.32. The molecule has 2 aliphatic rings. The fourth-order valence-corrected chi connectivity index (χ4v) is 4.05. The number of carboxylic acids is 1. The molecule has 2 aromatic rings. The zero-order chi connectivity index (χ0) is 18.3. The zero-order valence-corrected chi connectivity index (χ0v) is 15.1. The number of aliphatic carboxylic acids is 1. The summed E-state index contributed by atoms with van der Waals surface area (Å²) >= 11 is 0. The second-order valence-electron chi connectivity index (χ2n) is 7.11. The van der Waals surface area contributed by atoms with E-state index in [1.807, 2.05) is 18.2 Å². The molecule has 0 spiro atoms. The molecule has 0 aromatic heterocycles. The summed E-state index contributed by atoms with van der Waals surface area (Å²) in [5.74, 6) is 0.715. The van der Waals surface area contributed by atoms with Gasteiger partial charge in [-0.15, -0.1) is 0 Å². The van der Waals surface area contributed by atoms with Crippen LogP contribution in [0.4, 0.5) is 0 Å². The van der Waals surface area contributed by atoms with Crippen molar-refractivity contribution in [2.45, 2.75) is 38.8 Å². The number of rotatable bonds is 4. The van der Waals surface area contributed by atoms with Crippen molar-refractivity contribution in [3.05, 3.63) is 58.7 Å². The largest absolute Gasteiger partial charge is 0.480 e. The first-order valence-electron chi connectivity index (χ1n) is 9.00. The van der Waals surface area contributed by atoms with Gasteiger partial charge in [-0.2, -0.15) is 0 Å². The number of benzene rings is 2. The van der Waals surface area contributed by atoms with Crippen molar-refractivity contribution in [2.24, 2.45) is 0 Å². The average Bonchev–Trinajstić information content (AvgIpc) is 3.27. The Hall–Kier alpha value is -2.53. The molecule has 1 saturated heterocycles. The lowest BCUT2D eigenvalue weighted by atomic mass is 9.91. The van der Waals surface area contributed by atoms with E-state index in [1.54, 1.807) is 0 Å². The van der Waals surface area contributed by atoms with Crippen molar-refractivity contribution >= 4 is 5.97 Å². The smallest absolute Gasteiger partial charge is 0.320 e. The predicted octanol–water partition coefficient (Wildman–Crippen LogP) is 3.67. The fourth-order valence-electron chi connectivity index (χ4n) is 4.05. The van der Waals surface area contributed by atoms with Crippen molar-refractivity contribution in [3.63, 3.8) is 0 Å². The van der Waals surface area contributed by atoms with Gasteiger partial charge in [0.1, 0.15) is 6.04 Å². The first kappa shape index (κ1) is 16.9. The van der Waals surface area contributed by atoms with E-state index in [0.717, 1.165) is 41.2 Å². The van der Waals surface area contributed by atoms with Crippen molar-refractivity contribution in [1.29, 1.82) is 0 Å².